The van der Waals surface area contributed by atoms with E-state index in [1.807, 2.05) is 18.7 Å². The Kier molecular flexibility index (Phi) is 5.36. The SMILES string of the molecule is CC(CNCCCn1ccnc1)N(C)C. The number of nitrogens with zero attached hydrogens (tertiary/aromatic N) is 3. The summed E-state index contributed by atoms with van der Waals surface area (Å²) in [5, 5.41) is 3.45. The van der Waals surface area contributed by atoms with Gasteiger partial charge in [-0.2, -0.15) is 0 Å². The van der Waals surface area contributed by atoms with Crippen molar-refractivity contribution in [2.24, 2.45) is 0 Å². The van der Waals surface area contributed by atoms with Crippen LogP contribution in [0.15, 0.2) is 18.7 Å². The van der Waals surface area contributed by atoms with Crippen LogP contribution in [0.3, 0.4) is 0 Å². The standard InChI is InChI=1S/C11H22N4/c1-11(14(2)3)9-12-5-4-7-15-8-6-13-10-15/h6,8,10-12H,4-5,7,9H2,1-3H3. The van der Waals surface area contributed by atoms with E-state index in [0.29, 0.717) is 6.04 Å². The Hall–Kier alpha value is -0.870. The van der Waals surface area contributed by atoms with Gasteiger partial charge in [0.2, 0.25) is 0 Å². The quantitative estimate of drug-likeness (QED) is 0.676. The molecule has 1 aromatic heterocycles. The molecule has 0 aliphatic carbocycles. The number of aromatic nitrogens is 2. The molecule has 86 valence electrons. The molecule has 1 aromatic rings. The van der Waals surface area contributed by atoms with Crippen molar-refractivity contribution in [1.82, 2.24) is 19.8 Å². The van der Waals surface area contributed by atoms with Crippen molar-refractivity contribution in [3.8, 4) is 0 Å². The zero-order valence-corrected chi connectivity index (χ0v) is 9.98. The summed E-state index contributed by atoms with van der Waals surface area (Å²) in [5.74, 6) is 0. The van der Waals surface area contributed by atoms with Gasteiger partial charge in [0.05, 0.1) is 6.33 Å². The van der Waals surface area contributed by atoms with Crippen molar-refractivity contribution >= 4 is 0 Å². The monoisotopic (exact) mass is 210 g/mol. The summed E-state index contributed by atoms with van der Waals surface area (Å²) in [7, 11) is 4.22. The average Bonchev–Trinajstić information content (AvgIpc) is 2.69. The normalized spacial score (nSPS) is 13.3. The lowest BCUT2D eigenvalue weighted by Crippen LogP contribution is -2.35. The highest BCUT2D eigenvalue weighted by molar-refractivity contribution is 4.73. The van der Waals surface area contributed by atoms with E-state index < -0.39 is 0 Å². The molecular weight excluding hydrogens is 188 g/mol. The second-order valence-electron chi connectivity index (χ2n) is 4.17. The van der Waals surface area contributed by atoms with Crippen LogP contribution in [-0.2, 0) is 6.54 Å². The fourth-order valence-electron chi connectivity index (χ4n) is 1.30. The van der Waals surface area contributed by atoms with Gasteiger partial charge in [-0.05, 0) is 34.0 Å². The van der Waals surface area contributed by atoms with E-state index >= 15 is 0 Å². The predicted octanol–water partition coefficient (Wildman–Crippen LogP) is 0.813. The molecule has 1 heterocycles. The second kappa shape index (κ2) is 6.58. The molecule has 0 saturated carbocycles. The number of imidazole rings is 1. The van der Waals surface area contributed by atoms with Gasteiger partial charge in [0.15, 0.2) is 0 Å². The van der Waals surface area contributed by atoms with E-state index in [9.17, 15) is 0 Å². The maximum atomic E-state index is 4.01. The largest absolute Gasteiger partial charge is 0.337 e. The Morgan fingerprint density at radius 3 is 2.87 bits per heavy atom. The zero-order valence-electron chi connectivity index (χ0n) is 9.98. The molecular formula is C11H22N4. The molecule has 0 amide bonds. The number of rotatable bonds is 7. The molecule has 0 radical (unpaired) electrons. The van der Waals surface area contributed by atoms with Gasteiger partial charge in [0.1, 0.15) is 0 Å². The Morgan fingerprint density at radius 1 is 1.47 bits per heavy atom. The molecule has 4 heteroatoms. The van der Waals surface area contributed by atoms with Crippen molar-refractivity contribution in [2.45, 2.75) is 25.9 Å². The maximum absolute atomic E-state index is 4.01. The van der Waals surface area contributed by atoms with Crippen LogP contribution in [-0.4, -0.2) is 47.7 Å². The van der Waals surface area contributed by atoms with E-state index in [0.717, 1.165) is 26.1 Å². The lowest BCUT2D eigenvalue weighted by atomic mass is 10.3. The molecule has 0 fully saturated rings. The smallest absolute Gasteiger partial charge is 0.0945 e. The van der Waals surface area contributed by atoms with Gasteiger partial charge >= 0.3 is 0 Å². The molecule has 1 atom stereocenters. The zero-order chi connectivity index (χ0) is 11.1. The van der Waals surface area contributed by atoms with Crippen molar-refractivity contribution in [1.29, 1.82) is 0 Å². The van der Waals surface area contributed by atoms with Gasteiger partial charge in [0, 0.05) is 31.5 Å². The molecule has 0 aromatic carbocycles. The Labute approximate surface area is 92.3 Å². The highest BCUT2D eigenvalue weighted by Crippen LogP contribution is 1.91. The van der Waals surface area contributed by atoms with Crippen molar-refractivity contribution < 1.29 is 0 Å². The highest BCUT2D eigenvalue weighted by Gasteiger charge is 2.02. The third kappa shape index (κ3) is 4.95. The minimum Gasteiger partial charge on any atom is -0.337 e. The maximum Gasteiger partial charge on any atom is 0.0945 e. The van der Waals surface area contributed by atoms with E-state index in [-0.39, 0.29) is 0 Å². The molecule has 1 unspecified atom stereocenters. The van der Waals surface area contributed by atoms with Gasteiger partial charge in [-0.1, -0.05) is 0 Å². The fourth-order valence-corrected chi connectivity index (χ4v) is 1.30. The lowest BCUT2D eigenvalue weighted by molar-refractivity contribution is 0.302. The van der Waals surface area contributed by atoms with Crippen molar-refractivity contribution in [2.75, 3.05) is 27.2 Å². The summed E-state index contributed by atoms with van der Waals surface area (Å²) < 4.78 is 2.11. The van der Waals surface area contributed by atoms with Crippen molar-refractivity contribution in [3.05, 3.63) is 18.7 Å². The number of hydrogen-bond acceptors (Lipinski definition) is 3. The summed E-state index contributed by atoms with van der Waals surface area (Å²) in [6.45, 7) is 5.39. The first-order chi connectivity index (χ1) is 7.20. The first-order valence-corrected chi connectivity index (χ1v) is 5.53. The van der Waals surface area contributed by atoms with E-state index in [1.54, 1.807) is 0 Å². The fraction of sp³-hybridized carbons (Fsp3) is 0.727. The van der Waals surface area contributed by atoms with Gasteiger partial charge in [-0.25, -0.2) is 4.98 Å². The molecule has 4 nitrogen and oxygen atoms in total. The highest BCUT2D eigenvalue weighted by atomic mass is 15.1. The van der Waals surface area contributed by atoms with E-state index in [4.69, 9.17) is 0 Å². The van der Waals surface area contributed by atoms with Gasteiger partial charge < -0.3 is 14.8 Å². The number of hydrogen-bond donors (Lipinski definition) is 1. The molecule has 0 aliphatic heterocycles. The number of nitrogens with one attached hydrogen (secondary N) is 1. The predicted molar refractivity (Wildman–Crippen MR) is 62.9 cm³/mol. The van der Waals surface area contributed by atoms with Crippen LogP contribution < -0.4 is 5.32 Å². The molecule has 1 N–H and O–H groups in total. The number of likely N-dealkylation sites (N-methyl/N-ethyl adjacent to an activating group) is 1. The third-order valence-electron chi connectivity index (χ3n) is 2.65. The first kappa shape index (κ1) is 12.2. The minimum atomic E-state index is 0.596. The molecule has 1 rings (SSSR count). The third-order valence-corrected chi connectivity index (χ3v) is 2.65. The van der Waals surface area contributed by atoms with E-state index in [1.165, 1.54) is 0 Å². The van der Waals surface area contributed by atoms with Crippen LogP contribution in [0.4, 0.5) is 0 Å². The van der Waals surface area contributed by atoms with Crippen LogP contribution in [0.2, 0.25) is 0 Å². The molecule has 0 spiro atoms. The Morgan fingerprint density at radius 2 is 2.27 bits per heavy atom. The summed E-state index contributed by atoms with van der Waals surface area (Å²) in [4.78, 5) is 6.23. The van der Waals surface area contributed by atoms with Crippen molar-refractivity contribution in [3.63, 3.8) is 0 Å². The molecule has 0 bridgehead atoms. The van der Waals surface area contributed by atoms with Crippen LogP contribution in [0.5, 0.6) is 0 Å². The van der Waals surface area contributed by atoms with Crippen LogP contribution in [0, 0.1) is 0 Å². The van der Waals surface area contributed by atoms with Crippen LogP contribution >= 0.6 is 0 Å². The average molecular weight is 210 g/mol. The second-order valence-corrected chi connectivity index (χ2v) is 4.17. The molecule has 0 aliphatic rings. The van der Waals surface area contributed by atoms with Crippen LogP contribution in [0.25, 0.3) is 0 Å². The Balaban J connectivity index is 1.98. The van der Waals surface area contributed by atoms with E-state index in [2.05, 4.69) is 40.8 Å². The van der Waals surface area contributed by atoms with Gasteiger partial charge in [0.25, 0.3) is 0 Å². The summed E-state index contributed by atoms with van der Waals surface area (Å²) in [6, 6.07) is 0.596. The molecule has 0 saturated heterocycles. The minimum absolute atomic E-state index is 0.596. The summed E-state index contributed by atoms with van der Waals surface area (Å²) in [6.07, 6.45) is 6.84. The van der Waals surface area contributed by atoms with Gasteiger partial charge in [-0.3, -0.25) is 0 Å². The first-order valence-electron chi connectivity index (χ1n) is 5.53. The summed E-state index contributed by atoms with van der Waals surface area (Å²) in [5.41, 5.74) is 0. The number of aryl methyl sites for hydroxylation is 1. The summed E-state index contributed by atoms with van der Waals surface area (Å²) >= 11 is 0. The Bertz CT molecular complexity index is 243. The van der Waals surface area contributed by atoms with Gasteiger partial charge in [-0.15, -0.1) is 0 Å². The molecule has 15 heavy (non-hydrogen) atoms. The lowest BCUT2D eigenvalue weighted by Gasteiger charge is -2.19. The van der Waals surface area contributed by atoms with Crippen LogP contribution in [0.1, 0.15) is 13.3 Å². The topological polar surface area (TPSA) is 33.1 Å².